The molecule has 3 aromatic rings. The smallest absolute Gasteiger partial charge is 0.278 e. The minimum absolute atomic E-state index is 0.0491. The molecule has 0 bridgehead atoms. The Balaban J connectivity index is 1.47. The highest BCUT2D eigenvalue weighted by Gasteiger charge is 2.37. The van der Waals surface area contributed by atoms with Gasteiger partial charge in [0.05, 0.1) is 12.2 Å². The number of anilines is 1. The van der Waals surface area contributed by atoms with Crippen LogP contribution in [-0.2, 0) is 4.79 Å². The summed E-state index contributed by atoms with van der Waals surface area (Å²) >= 11 is 0. The first-order chi connectivity index (χ1) is 14.2. The summed E-state index contributed by atoms with van der Waals surface area (Å²) in [7, 11) is 0. The lowest BCUT2D eigenvalue weighted by atomic mass is 10.1. The molecule has 1 atom stereocenters. The van der Waals surface area contributed by atoms with Crippen LogP contribution in [0.25, 0.3) is 5.65 Å². The van der Waals surface area contributed by atoms with Crippen LogP contribution in [0, 0.1) is 0 Å². The van der Waals surface area contributed by atoms with E-state index in [4.69, 9.17) is 4.74 Å². The molecule has 0 radical (unpaired) electrons. The first-order valence-corrected chi connectivity index (χ1v) is 10.0. The van der Waals surface area contributed by atoms with E-state index in [0.717, 1.165) is 32.4 Å². The molecule has 148 valence electrons. The van der Waals surface area contributed by atoms with E-state index in [9.17, 15) is 9.59 Å². The first kappa shape index (κ1) is 17.7. The number of hydrogen-bond acceptors (Lipinski definition) is 4. The minimum Gasteiger partial charge on any atom is -0.476 e. The van der Waals surface area contributed by atoms with Crippen molar-refractivity contribution in [3.8, 4) is 5.75 Å². The second-order valence-electron chi connectivity index (χ2n) is 7.47. The Morgan fingerprint density at radius 1 is 1.00 bits per heavy atom. The number of nitrogens with zero attached hydrogens (tertiary/aromatic N) is 4. The molecule has 2 aliphatic rings. The predicted octanol–water partition coefficient (Wildman–Crippen LogP) is 2.75. The van der Waals surface area contributed by atoms with Crippen molar-refractivity contribution >= 4 is 23.1 Å². The monoisotopic (exact) mass is 390 g/mol. The van der Waals surface area contributed by atoms with Crippen LogP contribution in [0.5, 0.6) is 5.75 Å². The van der Waals surface area contributed by atoms with Gasteiger partial charge in [-0.3, -0.25) is 14.5 Å². The van der Waals surface area contributed by atoms with Crippen molar-refractivity contribution in [2.45, 2.75) is 25.4 Å². The van der Waals surface area contributed by atoms with Crippen molar-refractivity contribution in [3.63, 3.8) is 0 Å². The first-order valence-electron chi connectivity index (χ1n) is 10.0. The lowest BCUT2D eigenvalue weighted by molar-refractivity contribution is -0.139. The van der Waals surface area contributed by atoms with Gasteiger partial charge in [0.25, 0.3) is 11.8 Å². The Morgan fingerprint density at radius 2 is 1.79 bits per heavy atom. The van der Waals surface area contributed by atoms with E-state index < -0.39 is 6.10 Å². The third-order valence-electron chi connectivity index (χ3n) is 5.55. The van der Waals surface area contributed by atoms with E-state index in [2.05, 4.69) is 4.98 Å². The van der Waals surface area contributed by atoms with E-state index in [1.54, 1.807) is 17.2 Å². The van der Waals surface area contributed by atoms with Gasteiger partial charge in [0.15, 0.2) is 6.10 Å². The number of amides is 2. The summed E-state index contributed by atoms with van der Waals surface area (Å²) in [5, 5.41) is 0. The maximum atomic E-state index is 13.3. The van der Waals surface area contributed by atoms with E-state index in [1.807, 2.05) is 51.9 Å². The van der Waals surface area contributed by atoms with Crippen molar-refractivity contribution in [1.29, 1.82) is 0 Å². The zero-order valence-corrected chi connectivity index (χ0v) is 16.0. The number of benzene rings is 1. The number of pyridine rings is 1. The molecule has 7 heteroatoms. The van der Waals surface area contributed by atoms with Gasteiger partial charge in [-0.1, -0.05) is 18.2 Å². The summed E-state index contributed by atoms with van der Waals surface area (Å²) in [5.41, 5.74) is 1.72. The summed E-state index contributed by atoms with van der Waals surface area (Å²) in [5.74, 6) is 0.263. The SMILES string of the molecule is O=C([C@@H]1CN(C(=O)c2cn3ccccc3n2)c2ccccc2O1)N1CCCCC1. The predicted molar refractivity (Wildman–Crippen MR) is 108 cm³/mol. The molecule has 0 spiro atoms. The van der Waals surface area contributed by atoms with E-state index >= 15 is 0 Å². The average molecular weight is 390 g/mol. The fourth-order valence-electron chi connectivity index (χ4n) is 4.05. The van der Waals surface area contributed by atoms with Gasteiger partial charge in [-0.25, -0.2) is 4.98 Å². The molecular formula is C22H22N4O3. The molecule has 0 saturated carbocycles. The normalized spacial score (nSPS) is 19.0. The van der Waals surface area contributed by atoms with Gasteiger partial charge in [0.2, 0.25) is 0 Å². The Kier molecular flexibility index (Phi) is 4.42. The van der Waals surface area contributed by atoms with Gasteiger partial charge in [0.1, 0.15) is 17.1 Å². The maximum absolute atomic E-state index is 13.3. The zero-order valence-electron chi connectivity index (χ0n) is 16.0. The van der Waals surface area contributed by atoms with Gasteiger partial charge < -0.3 is 14.0 Å². The Labute approximate surface area is 168 Å². The molecule has 4 heterocycles. The lowest BCUT2D eigenvalue weighted by Gasteiger charge is -2.37. The number of ether oxygens (including phenoxy) is 1. The molecular weight excluding hydrogens is 368 g/mol. The third kappa shape index (κ3) is 3.22. The van der Waals surface area contributed by atoms with Gasteiger partial charge in [-0.05, 0) is 43.5 Å². The number of fused-ring (bicyclic) bond motifs is 2. The fraction of sp³-hybridized carbons (Fsp3) is 0.318. The number of aromatic nitrogens is 2. The second kappa shape index (κ2) is 7.24. The molecule has 0 aliphatic carbocycles. The molecule has 1 aromatic carbocycles. The molecule has 29 heavy (non-hydrogen) atoms. The molecule has 2 aromatic heterocycles. The van der Waals surface area contributed by atoms with Crippen molar-refractivity contribution in [2.24, 2.45) is 0 Å². The molecule has 5 rings (SSSR count). The van der Waals surface area contributed by atoms with Crippen molar-refractivity contribution < 1.29 is 14.3 Å². The number of hydrogen-bond donors (Lipinski definition) is 0. The highest BCUT2D eigenvalue weighted by molar-refractivity contribution is 6.07. The molecule has 1 fully saturated rings. The van der Waals surface area contributed by atoms with E-state index in [0.29, 0.717) is 22.8 Å². The van der Waals surface area contributed by atoms with Gasteiger partial charge in [0, 0.05) is 25.5 Å². The maximum Gasteiger partial charge on any atom is 0.278 e. The Bertz CT molecular complexity index is 1040. The largest absolute Gasteiger partial charge is 0.476 e. The van der Waals surface area contributed by atoms with Crippen LogP contribution in [0.3, 0.4) is 0 Å². The highest BCUT2D eigenvalue weighted by Crippen LogP contribution is 2.34. The number of carbonyl (C=O) groups excluding carboxylic acids is 2. The van der Waals surface area contributed by atoms with Crippen LogP contribution >= 0.6 is 0 Å². The number of rotatable bonds is 2. The van der Waals surface area contributed by atoms with Gasteiger partial charge in [-0.15, -0.1) is 0 Å². The highest BCUT2D eigenvalue weighted by atomic mass is 16.5. The fourth-order valence-corrected chi connectivity index (χ4v) is 4.05. The van der Waals surface area contributed by atoms with Crippen LogP contribution in [-0.4, -0.2) is 51.8 Å². The van der Waals surface area contributed by atoms with Crippen molar-refractivity contribution in [2.75, 3.05) is 24.5 Å². The van der Waals surface area contributed by atoms with Gasteiger partial charge in [-0.2, -0.15) is 0 Å². The zero-order chi connectivity index (χ0) is 19.8. The standard InChI is InChI=1S/C22H22N4O3/c27-21(16-14-25-13-7-4-10-20(25)23-16)26-15-19(22(28)24-11-5-1-6-12-24)29-18-9-3-2-8-17(18)26/h2-4,7-10,13-14,19H,1,5-6,11-12,15H2/t19-/m0/s1. The number of likely N-dealkylation sites (tertiary alicyclic amines) is 1. The minimum atomic E-state index is -0.705. The number of piperidine rings is 1. The van der Waals surface area contributed by atoms with Crippen molar-refractivity contribution in [1.82, 2.24) is 14.3 Å². The van der Waals surface area contributed by atoms with Crippen LogP contribution in [0.4, 0.5) is 5.69 Å². The van der Waals surface area contributed by atoms with E-state index in [1.165, 1.54) is 0 Å². The van der Waals surface area contributed by atoms with Crippen molar-refractivity contribution in [3.05, 3.63) is 60.6 Å². The molecule has 1 saturated heterocycles. The average Bonchev–Trinajstić information content (AvgIpc) is 3.22. The molecule has 0 N–H and O–H groups in total. The van der Waals surface area contributed by atoms with Crippen LogP contribution in [0.1, 0.15) is 29.8 Å². The summed E-state index contributed by atoms with van der Waals surface area (Å²) < 4.78 is 7.83. The summed E-state index contributed by atoms with van der Waals surface area (Å²) in [6.45, 7) is 1.68. The second-order valence-corrected chi connectivity index (χ2v) is 7.47. The van der Waals surface area contributed by atoms with E-state index in [-0.39, 0.29) is 18.4 Å². The summed E-state index contributed by atoms with van der Waals surface area (Å²) in [4.78, 5) is 34.3. The van der Waals surface area contributed by atoms with Crippen LogP contribution in [0.2, 0.25) is 0 Å². The number of para-hydroxylation sites is 2. The number of carbonyl (C=O) groups is 2. The molecule has 2 aliphatic heterocycles. The Morgan fingerprint density at radius 3 is 2.62 bits per heavy atom. The summed E-state index contributed by atoms with van der Waals surface area (Å²) in [6.07, 6.45) is 6.05. The summed E-state index contributed by atoms with van der Waals surface area (Å²) in [6, 6.07) is 13.0. The third-order valence-corrected chi connectivity index (χ3v) is 5.55. The molecule has 7 nitrogen and oxygen atoms in total. The topological polar surface area (TPSA) is 67.2 Å². The molecule has 0 unspecified atom stereocenters. The van der Waals surface area contributed by atoms with Crippen LogP contribution < -0.4 is 9.64 Å². The molecule has 2 amide bonds. The van der Waals surface area contributed by atoms with Gasteiger partial charge >= 0.3 is 0 Å². The lowest BCUT2D eigenvalue weighted by Crippen LogP contribution is -2.52. The van der Waals surface area contributed by atoms with Crippen LogP contribution in [0.15, 0.2) is 54.9 Å². The Hall–Kier alpha value is -3.35. The quantitative estimate of drug-likeness (QED) is 0.675. The number of imidazole rings is 1.